The van der Waals surface area contributed by atoms with Gasteiger partial charge in [0.05, 0.1) is 12.7 Å². The van der Waals surface area contributed by atoms with Crippen LogP contribution in [0.4, 0.5) is 0 Å². The van der Waals surface area contributed by atoms with Crippen molar-refractivity contribution in [2.45, 2.75) is 31.9 Å². The first-order chi connectivity index (χ1) is 9.25. The number of aryl methyl sites for hydroxylation is 1. The number of hydrogen-bond donors (Lipinski definition) is 1. The van der Waals surface area contributed by atoms with E-state index in [2.05, 4.69) is 10.4 Å². The summed E-state index contributed by atoms with van der Waals surface area (Å²) in [7, 11) is 0. The number of halogens is 1. The third-order valence-corrected chi connectivity index (χ3v) is 3.67. The van der Waals surface area contributed by atoms with Crippen molar-refractivity contribution in [2.24, 2.45) is 0 Å². The van der Waals surface area contributed by atoms with Gasteiger partial charge in [-0.2, -0.15) is 5.10 Å². The molecule has 0 saturated carbocycles. The quantitative estimate of drug-likeness (QED) is 0.907. The molecule has 1 fully saturated rings. The van der Waals surface area contributed by atoms with Crippen molar-refractivity contribution in [3.63, 3.8) is 0 Å². The Bertz CT molecular complexity index is 483. The Hall–Kier alpha value is -1.27. The van der Waals surface area contributed by atoms with Gasteiger partial charge < -0.3 is 14.8 Å². The second-order valence-electron chi connectivity index (χ2n) is 4.74. The van der Waals surface area contributed by atoms with Gasteiger partial charge in [0.2, 0.25) is 5.88 Å². The van der Waals surface area contributed by atoms with Gasteiger partial charge in [-0.3, -0.25) is 4.79 Å². The summed E-state index contributed by atoms with van der Waals surface area (Å²) >= 11 is 6.13. The first-order valence-corrected chi connectivity index (χ1v) is 6.92. The zero-order chi connectivity index (χ0) is 13.2. The fraction of sp³-hybridized carbons (Fsp3) is 0.667. The summed E-state index contributed by atoms with van der Waals surface area (Å²) in [5, 5.41) is 7.31. The van der Waals surface area contributed by atoms with E-state index >= 15 is 0 Å². The van der Waals surface area contributed by atoms with Crippen LogP contribution in [0, 0.1) is 0 Å². The largest absolute Gasteiger partial charge is 0.477 e. The minimum atomic E-state index is -0.272. The highest BCUT2D eigenvalue weighted by Gasteiger charge is 2.25. The van der Waals surface area contributed by atoms with E-state index in [1.807, 2.05) is 0 Å². The lowest BCUT2D eigenvalue weighted by molar-refractivity contribution is 0.0853. The lowest BCUT2D eigenvalue weighted by Gasteiger charge is -2.14. The van der Waals surface area contributed by atoms with Gasteiger partial charge in [-0.05, 0) is 12.8 Å². The van der Waals surface area contributed by atoms with Gasteiger partial charge in [0.15, 0.2) is 5.69 Å². The van der Waals surface area contributed by atoms with Gasteiger partial charge in [-0.1, -0.05) is 11.6 Å². The molecule has 1 atom stereocenters. The van der Waals surface area contributed by atoms with E-state index < -0.39 is 0 Å². The van der Waals surface area contributed by atoms with Gasteiger partial charge in [0, 0.05) is 26.1 Å². The molecule has 1 aromatic rings. The maximum atomic E-state index is 12.1. The summed E-state index contributed by atoms with van der Waals surface area (Å²) in [6, 6.07) is 0. The Morgan fingerprint density at radius 2 is 2.37 bits per heavy atom. The van der Waals surface area contributed by atoms with Crippen molar-refractivity contribution in [1.29, 1.82) is 0 Å². The molecule has 19 heavy (non-hydrogen) atoms. The summed E-state index contributed by atoms with van der Waals surface area (Å²) < 4.78 is 12.5. The van der Waals surface area contributed by atoms with Crippen LogP contribution in [0.5, 0.6) is 5.88 Å². The van der Waals surface area contributed by atoms with Crippen molar-refractivity contribution >= 4 is 17.5 Å². The number of carbonyl (C=O) groups excluding carboxylic acids is 1. The van der Waals surface area contributed by atoms with Crippen LogP contribution in [-0.2, 0) is 11.3 Å². The fourth-order valence-electron chi connectivity index (χ4n) is 2.34. The monoisotopic (exact) mass is 285 g/mol. The SMILES string of the molecule is O=C(NCC1CCCO1)c1nn2c(c1Cl)OCCC2. The third-order valence-electron chi connectivity index (χ3n) is 3.33. The van der Waals surface area contributed by atoms with E-state index in [0.29, 0.717) is 24.1 Å². The third kappa shape index (κ3) is 2.55. The summed E-state index contributed by atoms with van der Waals surface area (Å²) in [6.07, 6.45) is 3.02. The zero-order valence-corrected chi connectivity index (χ0v) is 11.3. The van der Waals surface area contributed by atoms with Crippen LogP contribution in [0.15, 0.2) is 0 Å². The summed E-state index contributed by atoms with van der Waals surface area (Å²) in [5.74, 6) is 0.223. The number of ether oxygens (including phenoxy) is 2. The lowest BCUT2D eigenvalue weighted by atomic mass is 10.2. The number of carbonyl (C=O) groups is 1. The Morgan fingerprint density at radius 1 is 1.47 bits per heavy atom. The smallest absolute Gasteiger partial charge is 0.273 e. The first-order valence-electron chi connectivity index (χ1n) is 6.54. The lowest BCUT2D eigenvalue weighted by Crippen LogP contribution is -2.32. The standard InChI is InChI=1S/C12H16ClN3O3/c13-9-10(15-16-4-2-6-19-12(9)16)11(17)14-7-8-3-1-5-18-8/h8H,1-7H2,(H,14,17). The first kappa shape index (κ1) is 12.7. The number of nitrogens with zero attached hydrogens (tertiary/aromatic N) is 2. The predicted octanol–water partition coefficient (Wildman–Crippen LogP) is 1.23. The zero-order valence-electron chi connectivity index (χ0n) is 10.5. The molecule has 1 N–H and O–H groups in total. The van der Waals surface area contributed by atoms with E-state index in [1.165, 1.54) is 0 Å². The van der Waals surface area contributed by atoms with Crippen LogP contribution >= 0.6 is 11.6 Å². The van der Waals surface area contributed by atoms with E-state index in [4.69, 9.17) is 21.1 Å². The molecule has 1 unspecified atom stereocenters. The topological polar surface area (TPSA) is 65.4 Å². The van der Waals surface area contributed by atoms with Crippen LogP contribution in [0.3, 0.4) is 0 Å². The Labute approximate surface area is 116 Å². The summed E-state index contributed by atoms with van der Waals surface area (Å²) in [5.41, 5.74) is 0.233. The second-order valence-corrected chi connectivity index (χ2v) is 5.12. The highest BCUT2D eigenvalue weighted by Crippen LogP contribution is 2.30. The maximum absolute atomic E-state index is 12.1. The molecule has 0 aliphatic carbocycles. The molecular weight excluding hydrogens is 270 g/mol. The Kier molecular flexibility index (Phi) is 3.61. The highest BCUT2D eigenvalue weighted by atomic mass is 35.5. The molecule has 2 aliphatic heterocycles. The number of aromatic nitrogens is 2. The molecule has 2 aliphatic rings. The van der Waals surface area contributed by atoms with Gasteiger partial charge >= 0.3 is 0 Å². The minimum absolute atomic E-state index is 0.108. The van der Waals surface area contributed by atoms with Crippen LogP contribution in [0.25, 0.3) is 0 Å². The number of nitrogens with one attached hydrogen (secondary N) is 1. The van der Waals surface area contributed by atoms with Crippen molar-refractivity contribution in [2.75, 3.05) is 19.8 Å². The fourth-order valence-corrected chi connectivity index (χ4v) is 2.61. The van der Waals surface area contributed by atoms with Crippen molar-refractivity contribution in [3.05, 3.63) is 10.7 Å². The van der Waals surface area contributed by atoms with Gasteiger partial charge in [0.25, 0.3) is 5.91 Å². The number of rotatable bonds is 3. The van der Waals surface area contributed by atoms with E-state index in [0.717, 1.165) is 32.4 Å². The van der Waals surface area contributed by atoms with Crippen molar-refractivity contribution in [3.8, 4) is 5.88 Å². The van der Waals surface area contributed by atoms with Crippen LogP contribution in [0.1, 0.15) is 29.8 Å². The van der Waals surface area contributed by atoms with Gasteiger partial charge in [0.1, 0.15) is 5.02 Å². The molecule has 0 spiro atoms. The van der Waals surface area contributed by atoms with Gasteiger partial charge in [-0.15, -0.1) is 0 Å². The van der Waals surface area contributed by atoms with Crippen LogP contribution < -0.4 is 10.1 Å². The average Bonchev–Trinajstić information content (AvgIpc) is 3.05. The molecule has 104 valence electrons. The predicted molar refractivity (Wildman–Crippen MR) is 68.7 cm³/mol. The van der Waals surface area contributed by atoms with Gasteiger partial charge in [-0.25, -0.2) is 4.68 Å². The van der Waals surface area contributed by atoms with Crippen molar-refractivity contribution in [1.82, 2.24) is 15.1 Å². The molecule has 1 amide bonds. The number of hydrogen-bond acceptors (Lipinski definition) is 4. The average molecular weight is 286 g/mol. The van der Waals surface area contributed by atoms with E-state index in [-0.39, 0.29) is 17.7 Å². The second kappa shape index (κ2) is 5.38. The summed E-state index contributed by atoms with van der Waals surface area (Å²) in [6.45, 7) is 2.61. The molecule has 0 radical (unpaired) electrons. The Morgan fingerprint density at radius 3 is 3.11 bits per heavy atom. The summed E-state index contributed by atoms with van der Waals surface area (Å²) in [4.78, 5) is 12.1. The molecule has 7 heteroatoms. The normalized spacial score (nSPS) is 21.8. The van der Waals surface area contributed by atoms with Crippen molar-refractivity contribution < 1.29 is 14.3 Å². The molecular formula is C12H16ClN3O3. The molecule has 1 aromatic heterocycles. The molecule has 1 saturated heterocycles. The highest BCUT2D eigenvalue weighted by molar-refractivity contribution is 6.34. The van der Waals surface area contributed by atoms with E-state index in [9.17, 15) is 4.79 Å². The Balaban J connectivity index is 1.67. The minimum Gasteiger partial charge on any atom is -0.477 e. The molecule has 3 heterocycles. The number of fused-ring (bicyclic) bond motifs is 1. The molecule has 6 nitrogen and oxygen atoms in total. The molecule has 0 aromatic carbocycles. The molecule has 0 bridgehead atoms. The van der Waals surface area contributed by atoms with Crippen LogP contribution in [0.2, 0.25) is 5.02 Å². The van der Waals surface area contributed by atoms with E-state index in [1.54, 1.807) is 4.68 Å². The maximum Gasteiger partial charge on any atom is 0.273 e. The number of amides is 1. The van der Waals surface area contributed by atoms with Crippen LogP contribution in [-0.4, -0.2) is 41.6 Å². The molecule has 3 rings (SSSR count).